The molecule has 1 heterocycles. The largest absolute Gasteiger partial charge is 0.326 e. The highest BCUT2D eigenvalue weighted by atomic mass is 16.1. The molecule has 0 saturated carbocycles. The standard InChI is InChI=1S/C11H15N3O/c1-8-3-4-9-10(7-8)14(6-5-12-2)11(15)13-9/h3-4,7,12H,5-6H2,1-2H3,(H,13,15). The van der Waals surface area contributed by atoms with E-state index in [1.165, 1.54) is 5.56 Å². The summed E-state index contributed by atoms with van der Waals surface area (Å²) in [6, 6.07) is 5.98. The molecule has 0 atom stereocenters. The molecule has 0 fully saturated rings. The Kier molecular flexibility index (Phi) is 2.60. The van der Waals surface area contributed by atoms with Crippen LogP contribution in [0.2, 0.25) is 0 Å². The van der Waals surface area contributed by atoms with Crippen molar-refractivity contribution in [1.29, 1.82) is 0 Å². The first kappa shape index (κ1) is 9.98. The zero-order valence-corrected chi connectivity index (χ0v) is 9.00. The van der Waals surface area contributed by atoms with Gasteiger partial charge in [-0.3, -0.25) is 4.57 Å². The molecule has 1 aromatic heterocycles. The van der Waals surface area contributed by atoms with Gasteiger partial charge in [0.1, 0.15) is 0 Å². The van der Waals surface area contributed by atoms with Crippen LogP contribution in [0.5, 0.6) is 0 Å². The number of H-pyrrole nitrogens is 1. The maximum Gasteiger partial charge on any atom is 0.326 e. The van der Waals surface area contributed by atoms with Crippen molar-refractivity contribution in [2.45, 2.75) is 13.5 Å². The Labute approximate surface area is 87.9 Å². The summed E-state index contributed by atoms with van der Waals surface area (Å²) in [5.41, 5.74) is 3.02. The van der Waals surface area contributed by atoms with Crippen molar-refractivity contribution in [2.75, 3.05) is 13.6 Å². The van der Waals surface area contributed by atoms with Crippen molar-refractivity contribution in [3.63, 3.8) is 0 Å². The number of aromatic nitrogens is 2. The first-order valence-electron chi connectivity index (χ1n) is 5.06. The number of nitrogens with zero attached hydrogens (tertiary/aromatic N) is 1. The Morgan fingerprint density at radius 1 is 1.47 bits per heavy atom. The summed E-state index contributed by atoms with van der Waals surface area (Å²) in [5, 5.41) is 3.04. The van der Waals surface area contributed by atoms with Gasteiger partial charge in [0.2, 0.25) is 0 Å². The van der Waals surface area contributed by atoms with Gasteiger partial charge in [-0.15, -0.1) is 0 Å². The van der Waals surface area contributed by atoms with Gasteiger partial charge in [-0.2, -0.15) is 0 Å². The number of imidazole rings is 1. The summed E-state index contributed by atoms with van der Waals surface area (Å²) in [6.07, 6.45) is 0. The van der Waals surface area contributed by atoms with Crippen LogP contribution >= 0.6 is 0 Å². The lowest BCUT2D eigenvalue weighted by molar-refractivity contribution is 0.642. The minimum Gasteiger partial charge on any atom is -0.318 e. The lowest BCUT2D eigenvalue weighted by Gasteiger charge is -2.02. The zero-order chi connectivity index (χ0) is 10.8. The fraction of sp³-hybridized carbons (Fsp3) is 0.364. The normalized spacial score (nSPS) is 11.1. The van der Waals surface area contributed by atoms with Crippen LogP contribution in [0.3, 0.4) is 0 Å². The molecule has 80 valence electrons. The van der Waals surface area contributed by atoms with Crippen molar-refractivity contribution < 1.29 is 0 Å². The molecule has 1 aromatic carbocycles. The molecule has 2 N–H and O–H groups in total. The molecule has 2 rings (SSSR count). The topological polar surface area (TPSA) is 49.8 Å². The van der Waals surface area contributed by atoms with Crippen LogP contribution in [-0.2, 0) is 6.54 Å². The number of hydrogen-bond donors (Lipinski definition) is 2. The molecule has 0 amide bonds. The van der Waals surface area contributed by atoms with E-state index in [-0.39, 0.29) is 5.69 Å². The third-order valence-corrected chi connectivity index (χ3v) is 2.52. The predicted molar refractivity (Wildman–Crippen MR) is 61.2 cm³/mol. The smallest absolute Gasteiger partial charge is 0.318 e. The van der Waals surface area contributed by atoms with Gasteiger partial charge in [0, 0.05) is 13.1 Å². The average Bonchev–Trinajstić information content (AvgIpc) is 2.51. The number of benzene rings is 1. The fourth-order valence-corrected chi connectivity index (χ4v) is 1.71. The van der Waals surface area contributed by atoms with E-state index in [1.54, 1.807) is 4.57 Å². The van der Waals surface area contributed by atoms with Gasteiger partial charge < -0.3 is 10.3 Å². The summed E-state index contributed by atoms with van der Waals surface area (Å²) in [5.74, 6) is 0. The Balaban J connectivity index is 2.55. The Morgan fingerprint density at radius 3 is 3.00 bits per heavy atom. The molecule has 4 nitrogen and oxygen atoms in total. The van der Waals surface area contributed by atoms with Gasteiger partial charge in [-0.1, -0.05) is 6.07 Å². The minimum atomic E-state index is -0.0362. The fourth-order valence-electron chi connectivity index (χ4n) is 1.71. The third kappa shape index (κ3) is 1.80. The van der Waals surface area contributed by atoms with E-state index in [1.807, 2.05) is 32.2 Å². The Hall–Kier alpha value is -1.55. The van der Waals surface area contributed by atoms with Gasteiger partial charge in [0.25, 0.3) is 0 Å². The number of aryl methyl sites for hydroxylation is 1. The lowest BCUT2D eigenvalue weighted by atomic mass is 10.2. The molecule has 4 heteroatoms. The Bertz CT molecular complexity index is 524. The SMILES string of the molecule is CNCCn1c(=O)[nH]c2ccc(C)cc21. The molecule has 0 aliphatic rings. The van der Waals surface area contributed by atoms with E-state index >= 15 is 0 Å². The highest BCUT2D eigenvalue weighted by Crippen LogP contribution is 2.11. The molecule has 0 bridgehead atoms. The van der Waals surface area contributed by atoms with E-state index in [2.05, 4.69) is 10.3 Å². The lowest BCUT2D eigenvalue weighted by Crippen LogP contribution is -2.23. The number of fused-ring (bicyclic) bond motifs is 1. The van der Waals surface area contributed by atoms with E-state index in [0.717, 1.165) is 17.6 Å². The number of aromatic amines is 1. The molecular weight excluding hydrogens is 190 g/mol. The summed E-state index contributed by atoms with van der Waals surface area (Å²) in [4.78, 5) is 14.5. The van der Waals surface area contributed by atoms with E-state index in [0.29, 0.717) is 6.54 Å². The van der Waals surface area contributed by atoms with Crippen LogP contribution in [0, 0.1) is 6.92 Å². The second-order valence-corrected chi connectivity index (χ2v) is 3.71. The number of rotatable bonds is 3. The Morgan fingerprint density at radius 2 is 2.27 bits per heavy atom. The molecule has 0 aliphatic heterocycles. The molecule has 0 unspecified atom stereocenters. The first-order chi connectivity index (χ1) is 7.22. The number of likely N-dealkylation sites (N-methyl/N-ethyl adjacent to an activating group) is 1. The zero-order valence-electron chi connectivity index (χ0n) is 9.00. The van der Waals surface area contributed by atoms with Crippen LogP contribution < -0.4 is 11.0 Å². The molecule has 0 spiro atoms. The van der Waals surface area contributed by atoms with Gasteiger partial charge in [-0.25, -0.2) is 4.79 Å². The third-order valence-electron chi connectivity index (χ3n) is 2.52. The maximum absolute atomic E-state index is 11.6. The van der Waals surface area contributed by atoms with Crippen molar-refractivity contribution >= 4 is 11.0 Å². The summed E-state index contributed by atoms with van der Waals surface area (Å²) >= 11 is 0. The van der Waals surface area contributed by atoms with Gasteiger partial charge >= 0.3 is 5.69 Å². The highest BCUT2D eigenvalue weighted by Gasteiger charge is 2.05. The van der Waals surface area contributed by atoms with Crippen molar-refractivity contribution in [3.8, 4) is 0 Å². The predicted octanol–water partition coefficient (Wildman–Crippen LogP) is 0.857. The quantitative estimate of drug-likeness (QED) is 0.780. The highest BCUT2D eigenvalue weighted by molar-refractivity contribution is 5.75. The second kappa shape index (κ2) is 3.90. The molecule has 0 radical (unpaired) electrons. The van der Waals surface area contributed by atoms with Crippen molar-refractivity contribution in [3.05, 3.63) is 34.2 Å². The maximum atomic E-state index is 11.6. The number of nitrogens with one attached hydrogen (secondary N) is 2. The molecule has 2 aromatic rings. The van der Waals surface area contributed by atoms with Crippen molar-refractivity contribution in [2.24, 2.45) is 0 Å². The van der Waals surface area contributed by atoms with E-state index in [4.69, 9.17) is 0 Å². The van der Waals surface area contributed by atoms with Gasteiger partial charge in [0.15, 0.2) is 0 Å². The summed E-state index contributed by atoms with van der Waals surface area (Å²) < 4.78 is 1.76. The van der Waals surface area contributed by atoms with Crippen LogP contribution in [0.15, 0.2) is 23.0 Å². The van der Waals surface area contributed by atoms with Crippen molar-refractivity contribution in [1.82, 2.24) is 14.9 Å². The van der Waals surface area contributed by atoms with Crippen LogP contribution in [0.4, 0.5) is 0 Å². The molecule has 0 saturated heterocycles. The van der Waals surface area contributed by atoms with Gasteiger partial charge in [-0.05, 0) is 31.7 Å². The first-order valence-corrected chi connectivity index (χ1v) is 5.06. The van der Waals surface area contributed by atoms with Crippen LogP contribution in [0.1, 0.15) is 5.56 Å². The van der Waals surface area contributed by atoms with Gasteiger partial charge in [0.05, 0.1) is 11.0 Å². The van der Waals surface area contributed by atoms with E-state index < -0.39 is 0 Å². The molecule has 15 heavy (non-hydrogen) atoms. The summed E-state index contributed by atoms with van der Waals surface area (Å²) in [6.45, 7) is 3.51. The van der Waals surface area contributed by atoms with E-state index in [9.17, 15) is 4.79 Å². The average molecular weight is 205 g/mol. The van der Waals surface area contributed by atoms with Crippen LogP contribution in [-0.4, -0.2) is 23.1 Å². The second-order valence-electron chi connectivity index (χ2n) is 3.71. The summed E-state index contributed by atoms with van der Waals surface area (Å²) in [7, 11) is 1.88. The van der Waals surface area contributed by atoms with Crippen LogP contribution in [0.25, 0.3) is 11.0 Å². The monoisotopic (exact) mass is 205 g/mol. The minimum absolute atomic E-state index is 0.0362. The molecular formula is C11H15N3O. The molecule has 0 aliphatic carbocycles. The number of hydrogen-bond acceptors (Lipinski definition) is 2.